The van der Waals surface area contributed by atoms with Gasteiger partial charge in [0.15, 0.2) is 6.61 Å². The van der Waals surface area contributed by atoms with E-state index < -0.39 is 23.5 Å². The Hall–Kier alpha value is -2.82. The van der Waals surface area contributed by atoms with Crippen LogP contribution in [0.25, 0.3) is 0 Å². The van der Waals surface area contributed by atoms with Gasteiger partial charge < -0.3 is 9.94 Å². The van der Waals surface area contributed by atoms with Gasteiger partial charge in [-0.1, -0.05) is 23.2 Å². The summed E-state index contributed by atoms with van der Waals surface area (Å²) in [5, 5.41) is 11.8. The van der Waals surface area contributed by atoms with Crippen LogP contribution in [-0.2, 0) is 20.6 Å². The fourth-order valence-corrected chi connectivity index (χ4v) is 1.30. The second kappa shape index (κ2) is 7.26. The number of carbonyl (C=O) groups excluding carboxylic acids is 1. The number of benzene rings is 1. The molecule has 22 heavy (non-hydrogen) atoms. The summed E-state index contributed by atoms with van der Waals surface area (Å²) in [4.78, 5) is 25.5. The van der Waals surface area contributed by atoms with E-state index in [1.165, 1.54) is 19.1 Å². The van der Waals surface area contributed by atoms with Crippen molar-refractivity contribution in [3.8, 4) is 11.8 Å². The lowest BCUT2D eigenvalue weighted by molar-refractivity contribution is -0.146. The molecule has 0 aliphatic rings. The van der Waals surface area contributed by atoms with Gasteiger partial charge in [-0.05, 0) is 30.5 Å². The fraction of sp³-hybridized carbons (Fsp3) is 0.214. The topological polar surface area (TPSA) is 76.0 Å². The molecule has 116 valence electrons. The molecule has 0 spiro atoms. The first-order valence-electron chi connectivity index (χ1n) is 5.82. The monoisotopic (exact) mass is 313 g/mol. The normalized spacial score (nSPS) is 11.4. The van der Waals surface area contributed by atoms with Crippen LogP contribution >= 0.6 is 0 Å². The molecular weight excluding hydrogens is 303 g/mol. The van der Waals surface area contributed by atoms with Crippen molar-refractivity contribution in [2.24, 2.45) is 5.16 Å². The summed E-state index contributed by atoms with van der Waals surface area (Å²) in [6.07, 6.45) is -4.46. The van der Waals surface area contributed by atoms with Crippen LogP contribution in [0, 0.1) is 11.8 Å². The van der Waals surface area contributed by atoms with Crippen LogP contribution < -0.4 is 0 Å². The van der Waals surface area contributed by atoms with E-state index in [4.69, 9.17) is 9.94 Å². The Kier molecular flexibility index (Phi) is 5.69. The Morgan fingerprint density at radius 2 is 2.05 bits per heavy atom. The second-order valence-corrected chi connectivity index (χ2v) is 3.96. The predicted octanol–water partition coefficient (Wildman–Crippen LogP) is 2.10. The number of aliphatic carboxylic acids is 1. The van der Waals surface area contributed by atoms with Crippen LogP contribution in [0.1, 0.15) is 18.1 Å². The van der Waals surface area contributed by atoms with Crippen LogP contribution in [-0.4, -0.2) is 29.2 Å². The summed E-state index contributed by atoms with van der Waals surface area (Å²) in [7, 11) is 0. The van der Waals surface area contributed by atoms with Crippen molar-refractivity contribution in [1.29, 1.82) is 0 Å². The van der Waals surface area contributed by atoms with Gasteiger partial charge in [0.1, 0.15) is 0 Å². The van der Waals surface area contributed by atoms with Gasteiger partial charge in [0.25, 0.3) is 0 Å². The van der Waals surface area contributed by atoms with Gasteiger partial charge in [0, 0.05) is 0 Å². The van der Waals surface area contributed by atoms with Gasteiger partial charge in [-0.3, -0.25) is 4.79 Å². The van der Waals surface area contributed by atoms with Crippen molar-refractivity contribution >= 4 is 17.5 Å². The first-order valence-corrected chi connectivity index (χ1v) is 5.82. The highest BCUT2D eigenvalue weighted by atomic mass is 19.4. The molecule has 1 N–H and O–H groups in total. The summed E-state index contributed by atoms with van der Waals surface area (Å²) in [5.41, 5.74) is -0.423. The highest BCUT2D eigenvalue weighted by molar-refractivity contribution is 6.40. The van der Waals surface area contributed by atoms with Crippen LogP contribution in [0.2, 0.25) is 0 Å². The maximum absolute atomic E-state index is 12.6. The third kappa shape index (κ3) is 5.28. The quantitative estimate of drug-likeness (QED) is 0.231. The molecule has 0 aromatic heterocycles. The minimum atomic E-state index is -4.46. The second-order valence-electron chi connectivity index (χ2n) is 3.96. The smallest absolute Gasteiger partial charge is 0.416 e. The van der Waals surface area contributed by atoms with E-state index in [0.717, 1.165) is 12.1 Å². The van der Waals surface area contributed by atoms with Crippen LogP contribution in [0.5, 0.6) is 0 Å². The number of hydrogen-bond acceptors (Lipinski definition) is 4. The van der Waals surface area contributed by atoms with E-state index in [1.54, 1.807) is 5.92 Å². The lowest BCUT2D eigenvalue weighted by Crippen LogP contribution is -2.09. The third-order valence-electron chi connectivity index (χ3n) is 2.34. The van der Waals surface area contributed by atoms with Gasteiger partial charge >= 0.3 is 17.9 Å². The number of carboxylic acids is 1. The lowest BCUT2D eigenvalue weighted by atomic mass is 10.1. The number of halogens is 3. The standard InChI is InChI=1S/C14H10F3NO4/c1-9(18-22-7-3-6-12(19)13(20)21)10-4-2-5-11(8-10)14(15,16)17/h2,4-5,8H,7H2,1H3,(H,20,21)/b18-9-. The molecule has 1 rings (SSSR count). The number of alkyl halides is 3. The number of nitrogens with zero attached hydrogens (tertiary/aromatic N) is 1. The molecule has 0 atom stereocenters. The summed E-state index contributed by atoms with van der Waals surface area (Å²) < 4.78 is 37.7. The Labute approximate surface area is 123 Å². The van der Waals surface area contributed by atoms with Gasteiger partial charge in [0.2, 0.25) is 0 Å². The summed E-state index contributed by atoms with van der Waals surface area (Å²) in [5.74, 6) is 0.939. The molecule has 0 bridgehead atoms. The highest BCUT2D eigenvalue weighted by Crippen LogP contribution is 2.29. The molecule has 0 saturated heterocycles. The largest absolute Gasteiger partial charge is 0.475 e. The summed E-state index contributed by atoms with van der Waals surface area (Å²) >= 11 is 0. The minimum Gasteiger partial charge on any atom is -0.475 e. The lowest BCUT2D eigenvalue weighted by Gasteiger charge is -2.08. The Bertz CT molecular complexity index is 669. The van der Waals surface area contributed by atoms with Crippen LogP contribution in [0.3, 0.4) is 0 Å². The van der Waals surface area contributed by atoms with Crippen LogP contribution in [0.15, 0.2) is 29.4 Å². The molecule has 0 aliphatic heterocycles. The average Bonchev–Trinajstić information content (AvgIpc) is 2.45. The van der Waals surface area contributed by atoms with Crippen molar-refractivity contribution in [2.75, 3.05) is 6.61 Å². The molecule has 1 aromatic rings. The van der Waals surface area contributed by atoms with Gasteiger partial charge in [0.05, 0.1) is 11.3 Å². The Morgan fingerprint density at radius 1 is 1.36 bits per heavy atom. The molecule has 0 fully saturated rings. The molecule has 0 saturated carbocycles. The minimum absolute atomic E-state index is 0.178. The van der Waals surface area contributed by atoms with E-state index in [-0.39, 0.29) is 17.9 Å². The zero-order chi connectivity index (χ0) is 16.8. The zero-order valence-electron chi connectivity index (χ0n) is 11.3. The third-order valence-corrected chi connectivity index (χ3v) is 2.34. The van der Waals surface area contributed by atoms with Crippen molar-refractivity contribution in [1.82, 2.24) is 0 Å². The molecule has 0 amide bonds. The molecular formula is C14H10F3NO4. The first kappa shape index (κ1) is 17.2. The number of oxime groups is 1. The molecule has 0 heterocycles. The number of ketones is 1. The van der Waals surface area contributed by atoms with E-state index in [2.05, 4.69) is 11.1 Å². The first-order chi connectivity index (χ1) is 10.2. The van der Waals surface area contributed by atoms with Gasteiger partial charge in [-0.25, -0.2) is 4.79 Å². The number of Topliss-reactive ketones (excluding diaryl/α,β-unsaturated/α-hetero) is 1. The number of carbonyl (C=O) groups is 2. The zero-order valence-corrected chi connectivity index (χ0v) is 11.3. The molecule has 0 unspecified atom stereocenters. The average molecular weight is 313 g/mol. The molecule has 0 radical (unpaired) electrons. The van der Waals surface area contributed by atoms with Gasteiger partial charge in [-0.15, -0.1) is 0 Å². The summed E-state index contributed by atoms with van der Waals surface area (Å²) in [6.45, 7) is 1.07. The van der Waals surface area contributed by atoms with Gasteiger partial charge in [-0.2, -0.15) is 13.2 Å². The van der Waals surface area contributed by atoms with Crippen molar-refractivity contribution < 1.29 is 32.7 Å². The van der Waals surface area contributed by atoms with E-state index in [9.17, 15) is 22.8 Å². The maximum Gasteiger partial charge on any atom is 0.416 e. The molecule has 0 aliphatic carbocycles. The number of carboxylic acid groups (broad SMARTS) is 1. The van der Waals surface area contributed by atoms with E-state index in [0.29, 0.717) is 0 Å². The number of hydrogen-bond donors (Lipinski definition) is 1. The van der Waals surface area contributed by atoms with Crippen molar-refractivity contribution in [2.45, 2.75) is 13.1 Å². The molecule has 5 nitrogen and oxygen atoms in total. The van der Waals surface area contributed by atoms with Crippen LogP contribution in [0.4, 0.5) is 13.2 Å². The fourth-order valence-electron chi connectivity index (χ4n) is 1.30. The van der Waals surface area contributed by atoms with E-state index >= 15 is 0 Å². The predicted molar refractivity (Wildman–Crippen MR) is 70.0 cm³/mol. The Balaban J connectivity index is 2.70. The van der Waals surface area contributed by atoms with Crippen molar-refractivity contribution in [3.63, 3.8) is 0 Å². The maximum atomic E-state index is 12.6. The highest BCUT2D eigenvalue weighted by Gasteiger charge is 2.30. The van der Waals surface area contributed by atoms with E-state index in [1.807, 2.05) is 0 Å². The van der Waals surface area contributed by atoms with Crippen molar-refractivity contribution in [3.05, 3.63) is 35.4 Å². The number of rotatable bonds is 4. The SMILES string of the molecule is C/C(=N/OCC#CC(=O)C(=O)O)c1cccc(C(F)(F)F)c1. The molecule has 8 heteroatoms. The Morgan fingerprint density at radius 3 is 2.64 bits per heavy atom. The molecule has 1 aromatic carbocycles. The summed E-state index contributed by atoms with van der Waals surface area (Å²) in [6, 6.07) is 4.52.